The van der Waals surface area contributed by atoms with Crippen molar-refractivity contribution in [3.05, 3.63) is 0 Å². The molecule has 0 unspecified atom stereocenters. The second kappa shape index (κ2) is 10.6. The number of ketones is 1. The Morgan fingerprint density at radius 3 is 1.25 bits per heavy atom. The van der Waals surface area contributed by atoms with Gasteiger partial charge in [-0.2, -0.15) is 0 Å². The molecule has 0 aliphatic rings. The highest BCUT2D eigenvalue weighted by atomic mass is 16.1. The minimum Gasteiger partial charge on any atom is -0.304 e. The molecule has 0 spiro atoms. The topological polar surface area (TPSA) is 20.3 Å². The smallest absolute Gasteiger partial charge is 0.129 e. The van der Waals surface area contributed by atoms with Crippen LogP contribution < -0.4 is 0 Å². The van der Waals surface area contributed by atoms with Crippen LogP contribution in [0.15, 0.2) is 0 Å². The van der Waals surface area contributed by atoms with Crippen LogP contribution in [-0.4, -0.2) is 30.3 Å². The van der Waals surface area contributed by atoms with E-state index in [1.54, 1.807) is 6.92 Å². The normalized spacial score (nSPS) is 9.17. The summed E-state index contributed by atoms with van der Waals surface area (Å²) in [5, 5.41) is 0. The lowest BCUT2D eigenvalue weighted by Crippen LogP contribution is -2.21. The highest BCUT2D eigenvalue weighted by Crippen LogP contribution is 1.81. The average molecular weight is 173 g/mol. The monoisotopic (exact) mass is 173 g/mol. The van der Waals surface area contributed by atoms with Gasteiger partial charge in [0.2, 0.25) is 0 Å². The summed E-state index contributed by atoms with van der Waals surface area (Å²) in [5.74, 6) is 0.255. The number of hydrogen-bond donors (Lipinski definition) is 0. The SMILES string of the molecule is CCC(C)=O.CCN(CC)CC. The van der Waals surface area contributed by atoms with Gasteiger partial charge in [-0.3, -0.25) is 0 Å². The Hall–Kier alpha value is -0.370. The summed E-state index contributed by atoms with van der Waals surface area (Å²) in [7, 11) is 0. The zero-order valence-corrected chi connectivity index (χ0v) is 9.18. The summed E-state index contributed by atoms with van der Waals surface area (Å²) in [5.41, 5.74) is 0. The summed E-state index contributed by atoms with van der Waals surface area (Å²) < 4.78 is 0. The maximum atomic E-state index is 9.81. The lowest BCUT2D eigenvalue weighted by molar-refractivity contribution is -0.116. The van der Waals surface area contributed by atoms with E-state index in [4.69, 9.17) is 0 Å². The number of Topliss-reactive ketones (excluding diaryl/α,β-unsaturated/α-hetero) is 1. The second-order valence-corrected chi connectivity index (χ2v) is 2.68. The van der Waals surface area contributed by atoms with Crippen LogP contribution in [-0.2, 0) is 4.79 Å². The van der Waals surface area contributed by atoms with Crippen LogP contribution in [0.4, 0.5) is 0 Å². The van der Waals surface area contributed by atoms with Crippen LogP contribution in [0, 0.1) is 0 Å². The number of carbonyl (C=O) groups excluding carboxylic acids is 1. The molecular weight excluding hydrogens is 150 g/mol. The van der Waals surface area contributed by atoms with Gasteiger partial charge in [0.15, 0.2) is 0 Å². The van der Waals surface area contributed by atoms with E-state index in [0.717, 1.165) is 0 Å². The van der Waals surface area contributed by atoms with Crippen LogP contribution in [0.2, 0.25) is 0 Å². The number of rotatable bonds is 4. The molecule has 0 N–H and O–H groups in total. The van der Waals surface area contributed by atoms with E-state index in [0.29, 0.717) is 6.42 Å². The number of carbonyl (C=O) groups is 1. The maximum absolute atomic E-state index is 9.81. The summed E-state index contributed by atoms with van der Waals surface area (Å²) in [6.45, 7) is 13.6. The Bertz CT molecular complexity index is 92.5. The molecule has 0 bridgehead atoms. The van der Waals surface area contributed by atoms with Gasteiger partial charge < -0.3 is 9.69 Å². The Kier molecular flexibility index (Phi) is 12.6. The van der Waals surface area contributed by atoms with Gasteiger partial charge in [0, 0.05) is 6.42 Å². The van der Waals surface area contributed by atoms with Crippen molar-refractivity contribution in [3.8, 4) is 0 Å². The standard InChI is InChI=1S/C6H15N.C4H8O/c1-4-7(5-2)6-3;1-3-4(2)5/h4-6H2,1-3H3;3H2,1-2H3. The first-order valence-electron chi connectivity index (χ1n) is 4.83. The van der Waals surface area contributed by atoms with Gasteiger partial charge in [-0.15, -0.1) is 0 Å². The third kappa shape index (κ3) is 12.3. The van der Waals surface area contributed by atoms with Gasteiger partial charge in [-0.1, -0.05) is 27.7 Å². The van der Waals surface area contributed by atoms with Crippen molar-refractivity contribution in [1.82, 2.24) is 4.90 Å². The molecule has 0 amide bonds. The largest absolute Gasteiger partial charge is 0.304 e. The highest BCUT2D eigenvalue weighted by Gasteiger charge is 1.89. The molecule has 0 fully saturated rings. The Balaban J connectivity index is 0. The van der Waals surface area contributed by atoms with Gasteiger partial charge >= 0.3 is 0 Å². The van der Waals surface area contributed by atoms with Crippen molar-refractivity contribution < 1.29 is 4.79 Å². The Morgan fingerprint density at radius 1 is 1.00 bits per heavy atom. The van der Waals surface area contributed by atoms with E-state index < -0.39 is 0 Å². The predicted octanol–water partition coefficient (Wildman–Crippen LogP) is 2.33. The van der Waals surface area contributed by atoms with E-state index in [2.05, 4.69) is 25.7 Å². The molecule has 0 aromatic rings. The maximum Gasteiger partial charge on any atom is 0.129 e. The van der Waals surface area contributed by atoms with E-state index in [1.165, 1.54) is 19.6 Å². The van der Waals surface area contributed by atoms with Crippen LogP contribution in [0.5, 0.6) is 0 Å². The first-order chi connectivity index (χ1) is 5.62. The fraction of sp³-hybridized carbons (Fsp3) is 0.900. The Morgan fingerprint density at radius 2 is 1.25 bits per heavy atom. The summed E-state index contributed by atoms with van der Waals surface area (Å²) in [4.78, 5) is 12.2. The molecule has 0 aromatic heterocycles. The third-order valence-electron chi connectivity index (χ3n) is 1.84. The number of hydrogen-bond acceptors (Lipinski definition) is 2. The molecule has 0 heterocycles. The molecule has 0 radical (unpaired) electrons. The van der Waals surface area contributed by atoms with Crippen molar-refractivity contribution in [2.75, 3.05) is 19.6 Å². The summed E-state index contributed by atoms with van der Waals surface area (Å²) in [6, 6.07) is 0. The van der Waals surface area contributed by atoms with Crippen LogP contribution >= 0.6 is 0 Å². The summed E-state index contributed by atoms with van der Waals surface area (Å²) in [6.07, 6.45) is 0.667. The molecule has 0 aliphatic heterocycles. The lowest BCUT2D eigenvalue weighted by atomic mass is 10.4. The summed E-state index contributed by atoms with van der Waals surface area (Å²) >= 11 is 0. The highest BCUT2D eigenvalue weighted by molar-refractivity contribution is 5.74. The molecule has 0 saturated heterocycles. The van der Waals surface area contributed by atoms with Gasteiger partial charge in [-0.05, 0) is 26.6 Å². The zero-order chi connectivity index (χ0) is 9.98. The first-order valence-corrected chi connectivity index (χ1v) is 4.83. The predicted molar refractivity (Wildman–Crippen MR) is 54.4 cm³/mol. The van der Waals surface area contributed by atoms with Gasteiger partial charge in [0.1, 0.15) is 5.78 Å². The molecule has 2 nitrogen and oxygen atoms in total. The lowest BCUT2D eigenvalue weighted by Gasteiger charge is -2.13. The molecule has 74 valence electrons. The molecule has 0 aromatic carbocycles. The molecule has 0 saturated carbocycles. The van der Waals surface area contributed by atoms with Gasteiger partial charge in [-0.25, -0.2) is 0 Å². The van der Waals surface area contributed by atoms with Crippen LogP contribution in [0.25, 0.3) is 0 Å². The fourth-order valence-corrected chi connectivity index (χ4v) is 0.671. The Labute approximate surface area is 77.0 Å². The first kappa shape index (κ1) is 14.2. The quantitative estimate of drug-likeness (QED) is 0.650. The average Bonchev–Trinajstić information content (AvgIpc) is 2.09. The molecule has 0 aliphatic carbocycles. The minimum absolute atomic E-state index is 0.255. The minimum atomic E-state index is 0.255. The molecular formula is C10H23NO. The molecule has 2 heteroatoms. The molecule has 0 rings (SSSR count). The van der Waals surface area contributed by atoms with Crippen molar-refractivity contribution in [3.63, 3.8) is 0 Å². The molecule has 12 heavy (non-hydrogen) atoms. The van der Waals surface area contributed by atoms with Gasteiger partial charge in [0.05, 0.1) is 0 Å². The van der Waals surface area contributed by atoms with Crippen LogP contribution in [0.3, 0.4) is 0 Å². The fourth-order valence-electron chi connectivity index (χ4n) is 0.671. The van der Waals surface area contributed by atoms with E-state index in [-0.39, 0.29) is 5.78 Å². The van der Waals surface area contributed by atoms with Crippen molar-refractivity contribution in [2.24, 2.45) is 0 Å². The van der Waals surface area contributed by atoms with E-state index in [1.807, 2.05) is 6.92 Å². The third-order valence-corrected chi connectivity index (χ3v) is 1.84. The molecule has 0 atom stereocenters. The van der Waals surface area contributed by atoms with Crippen LogP contribution in [0.1, 0.15) is 41.0 Å². The van der Waals surface area contributed by atoms with E-state index >= 15 is 0 Å². The zero-order valence-electron chi connectivity index (χ0n) is 9.18. The van der Waals surface area contributed by atoms with Gasteiger partial charge in [0.25, 0.3) is 0 Å². The van der Waals surface area contributed by atoms with Crippen molar-refractivity contribution in [2.45, 2.75) is 41.0 Å². The van der Waals surface area contributed by atoms with E-state index in [9.17, 15) is 4.79 Å². The second-order valence-electron chi connectivity index (χ2n) is 2.68. The number of nitrogens with zero attached hydrogens (tertiary/aromatic N) is 1. The van der Waals surface area contributed by atoms with Crippen molar-refractivity contribution in [1.29, 1.82) is 0 Å². The van der Waals surface area contributed by atoms with Crippen molar-refractivity contribution >= 4 is 5.78 Å².